The van der Waals surface area contributed by atoms with Gasteiger partial charge >= 0.3 is 0 Å². The van der Waals surface area contributed by atoms with Crippen LogP contribution >= 0.6 is 0 Å². The molecule has 0 unspecified atom stereocenters. The SMILES string of the molecule is CCN1Cc2c(C(=O)N3CCC[C@H](C)C3)ncn2-c2ccccc2S1(=O)=O. The molecule has 1 fully saturated rings. The van der Waals surface area contributed by atoms with Crippen LogP contribution < -0.4 is 0 Å². The molecule has 1 atom stereocenters. The van der Waals surface area contributed by atoms with E-state index in [2.05, 4.69) is 11.9 Å². The quantitative estimate of drug-likeness (QED) is 0.791. The maximum absolute atomic E-state index is 13.1. The van der Waals surface area contributed by atoms with E-state index in [-0.39, 0.29) is 17.3 Å². The van der Waals surface area contributed by atoms with Crippen LogP contribution in [-0.4, -0.2) is 52.7 Å². The monoisotopic (exact) mass is 388 g/mol. The van der Waals surface area contributed by atoms with E-state index >= 15 is 0 Å². The first-order valence-corrected chi connectivity index (χ1v) is 10.8. The van der Waals surface area contributed by atoms with E-state index in [1.807, 2.05) is 4.90 Å². The number of para-hydroxylation sites is 1. The van der Waals surface area contributed by atoms with Gasteiger partial charge in [0, 0.05) is 19.6 Å². The molecule has 0 N–H and O–H groups in total. The maximum Gasteiger partial charge on any atom is 0.274 e. The van der Waals surface area contributed by atoms with E-state index in [9.17, 15) is 13.2 Å². The zero-order valence-electron chi connectivity index (χ0n) is 15.6. The largest absolute Gasteiger partial charge is 0.337 e. The molecule has 2 aliphatic rings. The second kappa shape index (κ2) is 6.76. The highest BCUT2D eigenvalue weighted by molar-refractivity contribution is 7.89. The van der Waals surface area contributed by atoms with Gasteiger partial charge in [0.1, 0.15) is 11.2 Å². The number of aromatic nitrogens is 2. The van der Waals surface area contributed by atoms with Gasteiger partial charge in [0.15, 0.2) is 5.69 Å². The number of hydrogen-bond acceptors (Lipinski definition) is 4. The van der Waals surface area contributed by atoms with Gasteiger partial charge in [-0.25, -0.2) is 13.4 Å². The van der Waals surface area contributed by atoms with Crippen LogP contribution in [0.15, 0.2) is 35.5 Å². The Bertz CT molecular complexity index is 983. The lowest BCUT2D eigenvalue weighted by molar-refractivity contribution is 0.0675. The van der Waals surface area contributed by atoms with E-state index in [1.165, 1.54) is 4.31 Å². The number of carbonyl (C=O) groups excluding carboxylic acids is 1. The molecule has 0 spiro atoms. The summed E-state index contributed by atoms with van der Waals surface area (Å²) in [5, 5.41) is 0. The van der Waals surface area contributed by atoms with Gasteiger partial charge in [-0.1, -0.05) is 26.0 Å². The topological polar surface area (TPSA) is 75.5 Å². The second-order valence-electron chi connectivity index (χ2n) is 7.31. The van der Waals surface area contributed by atoms with Crippen LogP contribution in [0.4, 0.5) is 0 Å². The fraction of sp³-hybridized carbons (Fsp3) is 0.474. The van der Waals surface area contributed by atoms with Gasteiger partial charge in [-0.15, -0.1) is 0 Å². The van der Waals surface area contributed by atoms with Crippen molar-refractivity contribution in [2.45, 2.75) is 38.1 Å². The van der Waals surface area contributed by atoms with Crippen molar-refractivity contribution in [2.75, 3.05) is 19.6 Å². The van der Waals surface area contributed by atoms with Gasteiger partial charge in [-0.3, -0.25) is 9.36 Å². The fourth-order valence-electron chi connectivity index (χ4n) is 3.98. The van der Waals surface area contributed by atoms with Crippen molar-refractivity contribution in [3.05, 3.63) is 42.0 Å². The molecule has 3 heterocycles. The molecule has 27 heavy (non-hydrogen) atoms. The van der Waals surface area contributed by atoms with Crippen molar-refractivity contribution >= 4 is 15.9 Å². The molecule has 0 bridgehead atoms. The minimum absolute atomic E-state index is 0.108. The number of nitrogens with zero attached hydrogens (tertiary/aromatic N) is 4. The molecule has 0 aliphatic carbocycles. The number of amides is 1. The Balaban J connectivity index is 1.82. The predicted molar refractivity (Wildman–Crippen MR) is 101 cm³/mol. The summed E-state index contributed by atoms with van der Waals surface area (Å²) in [4.78, 5) is 19.6. The molecule has 8 heteroatoms. The molecule has 1 aromatic heterocycles. The second-order valence-corrected chi connectivity index (χ2v) is 9.21. The molecule has 2 aliphatic heterocycles. The summed E-state index contributed by atoms with van der Waals surface area (Å²) in [6.45, 7) is 5.86. The van der Waals surface area contributed by atoms with Gasteiger partial charge in [0.2, 0.25) is 10.0 Å². The van der Waals surface area contributed by atoms with Crippen LogP contribution in [0.25, 0.3) is 5.69 Å². The van der Waals surface area contributed by atoms with E-state index in [0.29, 0.717) is 29.5 Å². The third-order valence-corrected chi connectivity index (χ3v) is 7.40. The number of hydrogen-bond donors (Lipinski definition) is 0. The van der Waals surface area contributed by atoms with Gasteiger partial charge in [-0.2, -0.15) is 4.31 Å². The van der Waals surface area contributed by atoms with E-state index in [1.54, 1.807) is 42.1 Å². The minimum atomic E-state index is -3.62. The third-order valence-electron chi connectivity index (χ3n) is 5.43. The number of piperidine rings is 1. The van der Waals surface area contributed by atoms with Crippen molar-refractivity contribution < 1.29 is 13.2 Å². The van der Waals surface area contributed by atoms with Crippen molar-refractivity contribution in [3.63, 3.8) is 0 Å². The van der Waals surface area contributed by atoms with Crippen LogP contribution in [0, 0.1) is 5.92 Å². The Labute approximate surface area is 159 Å². The van der Waals surface area contributed by atoms with Crippen LogP contribution in [-0.2, 0) is 16.6 Å². The Kier molecular flexibility index (Phi) is 4.55. The van der Waals surface area contributed by atoms with Gasteiger partial charge in [0.25, 0.3) is 5.91 Å². The number of fused-ring (bicyclic) bond motifs is 3. The Morgan fingerprint density at radius 1 is 1.30 bits per heavy atom. The van der Waals surface area contributed by atoms with Crippen molar-refractivity contribution in [1.29, 1.82) is 0 Å². The molecule has 1 amide bonds. The average Bonchev–Trinajstić information content (AvgIpc) is 3.05. The summed E-state index contributed by atoms with van der Waals surface area (Å²) in [6, 6.07) is 6.88. The van der Waals surface area contributed by atoms with Crippen LogP contribution in [0.3, 0.4) is 0 Å². The smallest absolute Gasteiger partial charge is 0.274 e. The van der Waals surface area contributed by atoms with Crippen LogP contribution in [0.5, 0.6) is 0 Å². The highest BCUT2D eigenvalue weighted by atomic mass is 32.2. The van der Waals surface area contributed by atoms with E-state index < -0.39 is 10.0 Å². The lowest BCUT2D eigenvalue weighted by atomic mass is 10.00. The molecule has 1 saturated heterocycles. The first-order valence-electron chi connectivity index (χ1n) is 9.38. The minimum Gasteiger partial charge on any atom is -0.337 e. The number of benzene rings is 1. The lowest BCUT2D eigenvalue weighted by Gasteiger charge is -2.30. The Morgan fingerprint density at radius 2 is 2.07 bits per heavy atom. The molecule has 7 nitrogen and oxygen atoms in total. The summed E-state index contributed by atoms with van der Waals surface area (Å²) < 4.78 is 29.2. The van der Waals surface area contributed by atoms with Gasteiger partial charge in [-0.05, 0) is 30.9 Å². The van der Waals surface area contributed by atoms with Crippen molar-refractivity contribution in [3.8, 4) is 5.69 Å². The molecular formula is C19H24N4O3S. The number of sulfonamides is 1. The van der Waals surface area contributed by atoms with Crippen molar-refractivity contribution in [2.24, 2.45) is 5.92 Å². The number of carbonyl (C=O) groups is 1. The predicted octanol–water partition coefficient (Wildman–Crippen LogP) is 2.27. The number of likely N-dealkylation sites (tertiary alicyclic amines) is 1. The number of rotatable bonds is 2. The average molecular weight is 388 g/mol. The van der Waals surface area contributed by atoms with Gasteiger partial charge < -0.3 is 4.90 Å². The normalized spacial score (nSPS) is 22.0. The Morgan fingerprint density at radius 3 is 2.81 bits per heavy atom. The summed E-state index contributed by atoms with van der Waals surface area (Å²) in [6.07, 6.45) is 3.69. The first kappa shape index (κ1) is 18.2. The van der Waals surface area contributed by atoms with Crippen LogP contribution in [0.1, 0.15) is 42.9 Å². The summed E-state index contributed by atoms with van der Waals surface area (Å²) in [7, 11) is -3.62. The van der Waals surface area contributed by atoms with E-state index in [4.69, 9.17) is 0 Å². The molecule has 4 rings (SSSR count). The third kappa shape index (κ3) is 2.96. The summed E-state index contributed by atoms with van der Waals surface area (Å²) >= 11 is 0. The van der Waals surface area contributed by atoms with Gasteiger partial charge in [0.05, 0.1) is 17.9 Å². The molecular weight excluding hydrogens is 364 g/mol. The van der Waals surface area contributed by atoms with Crippen molar-refractivity contribution in [1.82, 2.24) is 18.8 Å². The van der Waals surface area contributed by atoms with E-state index in [0.717, 1.165) is 25.9 Å². The fourth-order valence-corrected chi connectivity index (χ4v) is 5.57. The highest BCUT2D eigenvalue weighted by Gasteiger charge is 2.35. The Hall–Kier alpha value is -2.19. The highest BCUT2D eigenvalue weighted by Crippen LogP contribution is 2.31. The van der Waals surface area contributed by atoms with Crippen LogP contribution in [0.2, 0.25) is 0 Å². The zero-order chi connectivity index (χ0) is 19.2. The summed E-state index contributed by atoms with van der Waals surface area (Å²) in [5.74, 6) is 0.361. The molecule has 144 valence electrons. The summed E-state index contributed by atoms with van der Waals surface area (Å²) in [5.41, 5.74) is 1.53. The number of imidazole rings is 1. The molecule has 0 saturated carbocycles. The standard InChI is InChI=1S/C19H24N4O3S/c1-3-22-12-16-18(19(24)21-10-6-7-14(2)11-21)20-13-23(16)15-8-4-5-9-17(15)27(22,25)26/h4-5,8-9,13-14H,3,6-7,10-12H2,1-2H3/t14-/m0/s1. The molecule has 1 aromatic carbocycles. The first-order chi connectivity index (χ1) is 12.9. The lowest BCUT2D eigenvalue weighted by Crippen LogP contribution is -2.40. The molecule has 0 radical (unpaired) electrons. The maximum atomic E-state index is 13.1. The molecule has 2 aromatic rings. The zero-order valence-corrected chi connectivity index (χ0v) is 16.4.